The highest BCUT2D eigenvalue weighted by Gasteiger charge is 2.17. The number of carbonyl (C=O) groups is 1. The van der Waals surface area contributed by atoms with Gasteiger partial charge >= 0.3 is 5.97 Å². The van der Waals surface area contributed by atoms with Crippen molar-refractivity contribution in [3.63, 3.8) is 0 Å². The first-order valence-electron chi connectivity index (χ1n) is 7.21. The second-order valence-corrected chi connectivity index (χ2v) is 4.85. The fourth-order valence-corrected chi connectivity index (χ4v) is 2.05. The summed E-state index contributed by atoms with van der Waals surface area (Å²) in [6.45, 7) is 6.71. The van der Waals surface area contributed by atoms with Crippen molar-refractivity contribution in [1.82, 2.24) is 5.06 Å². The zero-order valence-corrected chi connectivity index (χ0v) is 12.9. The number of hydrogen-bond donors (Lipinski definition) is 0. The van der Waals surface area contributed by atoms with Crippen molar-refractivity contribution >= 4 is 5.97 Å². The maximum Gasteiger partial charge on any atom is 0.325 e. The van der Waals surface area contributed by atoms with E-state index in [1.54, 1.807) is 12.2 Å². The van der Waals surface area contributed by atoms with Crippen LogP contribution in [0.25, 0.3) is 0 Å². The molecule has 112 valence electrons. The largest absolute Gasteiger partial charge is 0.497 e. The van der Waals surface area contributed by atoms with E-state index in [1.165, 1.54) is 5.56 Å². The highest BCUT2D eigenvalue weighted by Crippen LogP contribution is 2.15. The van der Waals surface area contributed by atoms with Gasteiger partial charge < -0.3 is 9.57 Å². The van der Waals surface area contributed by atoms with E-state index in [0.717, 1.165) is 18.6 Å². The summed E-state index contributed by atoms with van der Waals surface area (Å²) < 4.78 is 5.14. The molecule has 0 spiro atoms. The number of benzene rings is 1. The Morgan fingerprint density at radius 1 is 1.25 bits per heavy atom. The first kappa shape index (κ1) is 16.5. The van der Waals surface area contributed by atoms with Crippen LogP contribution in [0.1, 0.15) is 39.2 Å². The molecule has 4 nitrogen and oxygen atoms in total. The second kappa shape index (κ2) is 8.59. The summed E-state index contributed by atoms with van der Waals surface area (Å²) in [7, 11) is 1.66. The van der Waals surface area contributed by atoms with Crippen LogP contribution in [0.2, 0.25) is 0 Å². The highest BCUT2D eigenvalue weighted by atomic mass is 16.7. The van der Waals surface area contributed by atoms with Gasteiger partial charge in [0, 0.05) is 19.0 Å². The highest BCUT2D eigenvalue weighted by molar-refractivity contribution is 5.68. The van der Waals surface area contributed by atoms with Gasteiger partial charge in [0.1, 0.15) is 5.75 Å². The van der Waals surface area contributed by atoms with E-state index < -0.39 is 0 Å². The summed E-state index contributed by atoms with van der Waals surface area (Å²) in [4.78, 5) is 17.0. The van der Waals surface area contributed by atoms with Crippen LogP contribution in [0, 0.1) is 0 Å². The molecule has 1 rings (SSSR count). The van der Waals surface area contributed by atoms with Crippen LogP contribution < -0.4 is 4.74 Å². The van der Waals surface area contributed by atoms with Crippen LogP contribution >= 0.6 is 0 Å². The van der Waals surface area contributed by atoms with Crippen LogP contribution in [0.15, 0.2) is 24.3 Å². The van der Waals surface area contributed by atoms with Gasteiger partial charge in [0.05, 0.1) is 7.11 Å². The van der Waals surface area contributed by atoms with Crippen molar-refractivity contribution < 1.29 is 14.4 Å². The Morgan fingerprint density at radius 3 is 2.40 bits per heavy atom. The van der Waals surface area contributed by atoms with Crippen LogP contribution in [0.4, 0.5) is 0 Å². The number of nitrogens with zero attached hydrogens (tertiary/aromatic N) is 1. The van der Waals surface area contributed by atoms with Crippen molar-refractivity contribution in [3.8, 4) is 5.75 Å². The molecule has 0 amide bonds. The lowest BCUT2D eigenvalue weighted by atomic mass is 10.1. The van der Waals surface area contributed by atoms with E-state index in [9.17, 15) is 4.79 Å². The van der Waals surface area contributed by atoms with E-state index in [-0.39, 0.29) is 12.0 Å². The maximum absolute atomic E-state index is 11.6. The quantitative estimate of drug-likeness (QED) is 0.685. The molecular formula is C16H25NO3. The number of methoxy groups -OCH3 is 1. The van der Waals surface area contributed by atoms with Gasteiger partial charge in [-0.15, -0.1) is 5.06 Å². The van der Waals surface area contributed by atoms with Crippen molar-refractivity contribution in [3.05, 3.63) is 29.8 Å². The molecule has 0 saturated carbocycles. The molecule has 1 atom stereocenters. The molecule has 0 fully saturated rings. The van der Waals surface area contributed by atoms with Crippen molar-refractivity contribution in [2.75, 3.05) is 13.7 Å². The number of rotatable bonds is 8. The third kappa shape index (κ3) is 5.21. The van der Waals surface area contributed by atoms with Gasteiger partial charge in [-0.05, 0) is 44.4 Å². The number of carbonyl (C=O) groups excluding carboxylic acids is 1. The number of ether oxygens (including phenoxy) is 1. The Labute approximate surface area is 121 Å². The molecule has 1 aromatic carbocycles. The Hall–Kier alpha value is -1.55. The van der Waals surface area contributed by atoms with Crippen LogP contribution in [0.5, 0.6) is 5.75 Å². The zero-order chi connectivity index (χ0) is 15.0. The molecule has 1 unspecified atom stereocenters. The number of hydroxylamine groups is 2. The first-order valence-corrected chi connectivity index (χ1v) is 7.21. The fourth-order valence-electron chi connectivity index (χ4n) is 2.05. The average molecular weight is 279 g/mol. The maximum atomic E-state index is 11.6. The Morgan fingerprint density at radius 2 is 1.90 bits per heavy atom. The smallest absolute Gasteiger partial charge is 0.325 e. The van der Waals surface area contributed by atoms with Crippen molar-refractivity contribution in [1.29, 1.82) is 0 Å². The fraction of sp³-hybridized carbons (Fsp3) is 0.562. The summed E-state index contributed by atoms with van der Waals surface area (Å²) >= 11 is 0. The second-order valence-electron chi connectivity index (χ2n) is 4.85. The summed E-state index contributed by atoms with van der Waals surface area (Å²) in [5.74, 6) is 0.694. The summed E-state index contributed by atoms with van der Waals surface area (Å²) in [6.07, 6.45) is 2.10. The van der Waals surface area contributed by atoms with Crippen molar-refractivity contribution in [2.24, 2.45) is 0 Å². The van der Waals surface area contributed by atoms with E-state index in [1.807, 2.05) is 38.1 Å². The molecule has 0 aromatic heterocycles. The van der Waals surface area contributed by atoms with Gasteiger partial charge in [-0.1, -0.05) is 19.1 Å². The normalized spacial score (nSPS) is 12.2. The molecule has 0 saturated heterocycles. The lowest BCUT2D eigenvalue weighted by molar-refractivity contribution is -0.199. The molecule has 0 heterocycles. The lowest BCUT2D eigenvalue weighted by Crippen LogP contribution is -2.36. The minimum atomic E-state index is -0.157. The molecule has 0 aliphatic rings. The van der Waals surface area contributed by atoms with Crippen LogP contribution in [-0.4, -0.2) is 30.7 Å². The Balaban J connectivity index is 2.57. The van der Waals surface area contributed by atoms with E-state index in [2.05, 4.69) is 6.92 Å². The number of likely N-dealkylation sites (N-methyl/N-ethyl adjacent to an activating group) is 1. The van der Waals surface area contributed by atoms with Gasteiger partial charge in [0.2, 0.25) is 0 Å². The molecule has 0 aliphatic heterocycles. The summed E-state index contributed by atoms with van der Waals surface area (Å²) in [6, 6.07) is 8.12. The van der Waals surface area contributed by atoms with E-state index in [0.29, 0.717) is 13.0 Å². The predicted octanol–water partition coefficient (Wildman–Crippen LogP) is 3.21. The minimum Gasteiger partial charge on any atom is -0.497 e. The molecule has 0 bridgehead atoms. The monoisotopic (exact) mass is 279 g/mol. The molecule has 0 N–H and O–H groups in total. The standard InChI is InChI=1S/C16H25NO3/c1-5-7-16(18)20-17(6-2)13(3)12-14-8-10-15(19-4)11-9-14/h8-11,13H,5-7,12H2,1-4H3. The van der Waals surface area contributed by atoms with Gasteiger partial charge in [-0.3, -0.25) is 4.79 Å². The molecule has 0 radical (unpaired) electrons. The topological polar surface area (TPSA) is 38.8 Å². The van der Waals surface area contributed by atoms with Gasteiger partial charge in [0.25, 0.3) is 0 Å². The van der Waals surface area contributed by atoms with Crippen LogP contribution in [0.3, 0.4) is 0 Å². The molecule has 1 aromatic rings. The third-order valence-corrected chi connectivity index (χ3v) is 3.17. The Kier molecular flexibility index (Phi) is 7.09. The van der Waals surface area contributed by atoms with Crippen LogP contribution in [-0.2, 0) is 16.1 Å². The molecule has 20 heavy (non-hydrogen) atoms. The minimum absolute atomic E-state index is 0.147. The van der Waals surface area contributed by atoms with Gasteiger partial charge in [-0.2, -0.15) is 0 Å². The average Bonchev–Trinajstić information content (AvgIpc) is 2.45. The number of hydrogen-bond acceptors (Lipinski definition) is 4. The molecule has 4 heteroatoms. The summed E-state index contributed by atoms with van der Waals surface area (Å²) in [5.41, 5.74) is 1.20. The SMILES string of the molecule is CCCC(=O)ON(CC)C(C)Cc1ccc(OC)cc1. The lowest BCUT2D eigenvalue weighted by Gasteiger charge is -2.26. The van der Waals surface area contributed by atoms with Gasteiger partial charge in [-0.25, -0.2) is 0 Å². The predicted molar refractivity (Wildman–Crippen MR) is 79.5 cm³/mol. The molecule has 0 aliphatic carbocycles. The Bertz CT molecular complexity index is 403. The van der Waals surface area contributed by atoms with Gasteiger partial charge in [0.15, 0.2) is 0 Å². The van der Waals surface area contributed by atoms with E-state index in [4.69, 9.17) is 9.57 Å². The summed E-state index contributed by atoms with van der Waals surface area (Å²) in [5, 5.41) is 1.75. The third-order valence-electron chi connectivity index (χ3n) is 3.17. The molecular weight excluding hydrogens is 254 g/mol. The zero-order valence-electron chi connectivity index (χ0n) is 12.9. The van der Waals surface area contributed by atoms with E-state index >= 15 is 0 Å². The first-order chi connectivity index (χ1) is 9.60. The van der Waals surface area contributed by atoms with Crippen molar-refractivity contribution in [2.45, 2.75) is 46.1 Å².